The van der Waals surface area contributed by atoms with Gasteiger partial charge >= 0.3 is 0 Å². The molecule has 1 aliphatic rings. The normalized spacial score (nSPS) is 15.8. The number of rotatable bonds is 3. The molecule has 0 unspecified atom stereocenters. The van der Waals surface area contributed by atoms with E-state index >= 15 is 0 Å². The van der Waals surface area contributed by atoms with Gasteiger partial charge in [0.05, 0.1) is 23.2 Å². The maximum Gasteiger partial charge on any atom is 0.229 e. The van der Waals surface area contributed by atoms with Crippen molar-refractivity contribution in [2.45, 2.75) is 0 Å². The Morgan fingerprint density at radius 2 is 2.05 bits per heavy atom. The molecule has 1 aromatic rings. The molecule has 1 aromatic heterocycles. The van der Waals surface area contributed by atoms with Crippen molar-refractivity contribution in [2.24, 2.45) is 0 Å². The lowest BCUT2D eigenvalue weighted by atomic mass is 10.3. The largest absolute Gasteiger partial charge is 0.353 e. The van der Waals surface area contributed by atoms with Gasteiger partial charge in [-0.1, -0.05) is 11.6 Å². The Kier molecular flexibility index (Phi) is 5.66. The second kappa shape index (κ2) is 6.60. The predicted octanol–water partition coefficient (Wildman–Crippen LogP) is 0.938. The molecule has 0 radical (unpaired) electrons. The Labute approximate surface area is 124 Å². The number of aromatic nitrogens is 1. The second-order valence-electron chi connectivity index (χ2n) is 4.14. The van der Waals surface area contributed by atoms with Crippen molar-refractivity contribution in [3.63, 3.8) is 0 Å². The molecule has 0 bridgehead atoms. The van der Waals surface area contributed by atoms with Crippen molar-refractivity contribution in [3.05, 3.63) is 17.3 Å². The zero-order chi connectivity index (χ0) is 13.2. The number of nitrogens with zero attached hydrogens (tertiary/aromatic N) is 2. The van der Waals surface area contributed by atoms with Gasteiger partial charge in [0, 0.05) is 26.2 Å². The summed E-state index contributed by atoms with van der Waals surface area (Å²) in [6, 6.07) is 1.58. The van der Waals surface area contributed by atoms with Crippen molar-refractivity contribution in [2.75, 3.05) is 42.1 Å². The van der Waals surface area contributed by atoms with Crippen molar-refractivity contribution in [3.8, 4) is 0 Å². The number of hydrogen-bond acceptors (Lipinski definition) is 5. The quantitative estimate of drug-likeness (QED) is 0.864. The Morgan fingerprint density at radius 3 is 2.58 bits per heavy atom. The minimum Gasteiger partial charge on any atom is -0.353 e. The fraction of sp³-hybridized carbons (Fsp3) is 0.500. The summed E-state index contributed by atoms with van der Waals surface area (Å²) < 4.78 is 24.5. The Balaban J connectivity index is 0.00000180. The minimum absolute atomic E-state index is 0. The van der Waals surface area contributed by atoms with Crippen LogP contribution in [0.4, 0.5) is 11.5 Å². The first-order chi connectivity index (χ1) is 8.46. The predicted molar refractivity (Wildman–Crippen MR) is 80.0 cm³/mol. The third kappa shape index (κ3) is 4.68. The van der Waals surface area contributed by atoms with Crippen LogP contribution < -0.4 is 14.9 Å². The summed E-state index contributed by atoms with van der Waals surface area (Å²) in [5.41, 5.74) is 0.376. The number of nitrogens with one attached hydrogen (secondary N) is 2. The van der Waals surface area contributed by atoms with Gasteiger partial charge in [-0.25, -0.2) is 13.4 Å². The van der Waals surface area contributed by atoms with E-state index in [1.165, 1.54) is 6.20 Å². The van der Waals surface area contributed by atoms with E-state index in [0.29, 0.717) is 16.5 Å². The van der Waals surface area contributed by atoms with E-state index in [-0.39, 0.29) is 12.4 Å². The average molecular weight is 327 g/mol. The number of sulfonamides is 1. The molecule has 108 valence electrons. The summed E-state index contributed by atoms with van der Waals surface area (Å²) in [4.78, 5) is 6.30. The van der Waals surface area contributed by atoms with Crippen LogP contribution >= 0.6 is 24.0 Å². The Bertz CT molecular complexity index is 532. The number of anilines is 2. The lowest BCUT2D eigenvalue weighted by Gasteiger charge is -2.29. The maximum absolute atomic E-state index is 11.1. The first-order valence-corrected chi connectivity index (χ1v) is 7.82. The second-order valence-corrected chi connectivity index (χ2v) is 6.30. The highest BCUT2D eigenvalue weighted by atomic mass is 35.5. The molecular weight excluding hydrogens is 311 g/mol. The number of hydrogen-bond donors (Lipinski definition) is 2. The van der Waals surface area contributed by atoms with Gasteiger partial charge in [-0.15, -0.1) is 12.4 Å². The van der Waals surface area contributed by atoms with E-state index in [0.717, 1.165) is 32.4 Å². The van der Waals surface area contributed by atoms with Gasteiger partial charge in [-0.3, -0.25) is 4.72 Å². The first kappa shape index (κ1) is 16.3. The smallest absolute Gasteiger partial charge is 0.229 e. The van der Waals surface area contributed by atoms with E-state index < -0.39 is 10.0 Å². The molecule has 2 rings (SSSR count). The molecule has 1 aliphatic heterocycles. The molecule has 2 heterocycles. The van der Waals surface area contributed by atoms with Gasteiger partial charge in [-0.05, 0) is 6.07 Å². The first-order valence-electron chi connectivity index (χ1n) is 5.55. The van der Waals surface area contributed by atoms with Gasteiger partial charge in [0.15, 0.2) is 0 Å². The van der Waals surface area contributed by atoms with Crippen LogP contribution in [0.15, 0.2) is 12.3 Å². The summed E-state index contributed by atoms with van der Waals surface area (Å²) in [6.45, 7) is 3.46. The molecule has 2 N–H and O–H groups in total. The lowest BCUT2D eigenvalue weighted by Crippen LogP contribution is -2.44. The van der Waals surface area contributed by atoms with Crippen LogP contribution in [-0.4, -0.2) is 45.8 Å². The van der Waals surface area contributed by atoms with Crippen LogP contribution in [0.5, 0.6) is 0 Å². The molecule has 0 aromatic carbocycles. The zero-order valence-corrected chi connectivity index (χ0v) is 12.8. The molecule has 0 saturated carbocycles. The Hall–Kier alpha value is -0.760. The number of pyridine rings is 1. The van der Waals surface area contributed by atoms with Crippen LogP contribution in [0, 0.1) is 0 Å². The van der Waals surface area contributed by atoms with Crippen LogP contribution in [0.3, 0.4) is 0 Å². The van der Waals surface area contributed by atoms with E-state index in [1.54, 1.807) is 6.07 Å². The van der Waals surface area contributed by atoms with Gasteiger partial charge in [0.25, 0.3) is 0 Å². The Morgan fingerprint density at radius 1 is 1.42 bits per heavy atom. The third-order valence-electron chi connectivity index (χ3n) is 2.54. The van der Waals surface area contributed by atoms with Crippen LogP contribution in [0.1, 0.15) is 0 Å². The maximum atomic E-state index is 11.1. The van der Waals surface area contributed by atoms with E-state index in [2.05, 4.69) is 19.9 Å². The molecule has 1 saturated heterocycles. The zero-order valence-electron chi connectivity index (χ0n) is 10.4. The van der Waals surface area contributed by atoms with Crippen molar-refractivity contribution < 1.29 is 8.42 Å². The van der Waals surface area contributed by atoms with Crippen molar-refractivity contribution >= 4 is 45.5 Å². The fourth-order valence-corrected chi connectivity index (χ4v) is 2.64. The van der Waals surface area contributed by atoms with E-state index in [1.807, 2.05) is 0 Å². The van der Waals surface area contributed by atoms with Gasteiger partial charge in [-0.2, -0.15) is 0 Å². The summed E-state index contributed by atoms with van der Waals surface area (Å²) in [5.74, 6) is 0.692. The van der Waals surface area contributed by atoms with Gasteiger partial charge < -0.3 is 10.2 Å². The molecule has 0 aliphatic carbocycles. The SMILES string of the molecule is CS(=O)(=O)Nc1cnc(N2CCNCC2)c(Cl)c1.Cl. The lowest BCUT2D eigenvalue weighted by molar-refractivity contribution is 0.585. The monoisotopic (exact) mass is 326 g/mol. The summed E-state index contributed by atoms with van der Waals surface area (Å²) in [7, 11) is -3.30. The van der Waals surface area contributed by atoms with E-state index in [4.69, 9.17) is 11.6 Å². The number of halogens is 2. The molecule has 9 heteroatoms. The summed E-state index contributed by atoms with van der Waals surface area (Å²) in [6.07, 6.45) is 2.56. The minimum atomic E-state index is -3.30. The highest BCUT2D eigenvalue weighted by Gasteiger charge is 2.15. The summed E-state index contributed by atoms with van der Waals surface area (Å²) >= 11 is 6.13. The topological polar surface area (TPSA) is 74.3 Å². The molecule has 0 amide bonds. The van der Waals surface area contributed by atoms with Gasteiger partial charge in [0.1, 0.15) is 5.82 Å². The molecule has 1 fully saturated rings. The highest BCUT2D eigenvalue weighted by molar-refractivity contribution is 7.92. The van der Waals surface area contributed by atoms with Crippen LogP contribution in [-0.2, 0) is 10.0 Å². The van der Waals surface area contributed by atoms with Crippen molar-refractivity contribution in [1.82, 2.24) is 10.3 Å². The molecule has 0 atom stereocenters. The van der Waals surface area contributed by atoms with Gasteiger partial charge in [0.2, 0.25) is 10.0 Å². The van der Waals surface area contributed by atoms with E-state index in [9.17, 15) is 8.42 Å². The standard InChI is InChI=1S/C10H15ClN4O2S.ClH/c1-18(16,17)14-8-6-9(11)10(13-7-8)15-4-2-12-3-5-15;/h6-7,12,14H,2-5H2,1H3;1H. The molecule has 6 nitrogen and oxygen atoms in total. The van der Waals surface area contributed by atoms with Crippen molar-refractivity contribution in [1.29, 1.82) is 0 Å². The molecular formula is C10H16Cl2N4O2S. The molecule has 19 heavy (non-hydrogen) atoms. The fourth-order valence-electron chi connectivity index (χ4n) is 1.81. The average Bonchev–Trinajstić information content (AvgIpc) is 2.28. The van der Waals surface area contributed by atoms with Crippen LogP contribution in [0.25, 0.3) is 0 Å². The summed E-state index contributed by atoms with van der Waals surface area (Å²) in [5, 5.41) is 3.69. The number of piperazine rings is 1. The third-order valence-corrected chi connectivity index (χ3v) is 3.43. The molecule has 0 spiro atoms. The highest BCUT2D eigenvalue weighted by Crippen LogP contribution is 2.26. The van der Waals surface area contributed by atoms with Crippen LogP contribution in [0.2, 0.25) is 5.02 Å².